The minimum absolute atomic E-state index is 0.277. The van der Waals surface area contributed by atoms with E-state index in [9.17, 15) is 4.79 Å². The molecular weight excluding hydrogens is 342 g/mol. The molecule has 2 heterocycles. The molecule has 2 aliphatic heterocycles. The minimum atomic E-state index is -0.347. The summed E-state index contributed by atoms with van der Waals surface area (Å²) in [6.45, 7) is 7.89. The van der Waals surface area contributed by atoms with Gasteiger partial charge in [0.2, 0.25) is 5.91 Å². The number of benzene rings is 1. The molecule has 150 valence electrons. The second-order valence-corrected chi connectivity index (χ2v) is 7.74. The predicted molar refractivity (Wildman–Crippen MR) is 106 cm³/mol. The van der Waals surface area contributed by atoms with Crippen LogP contribution < -0.4 is 10.1 Å². The standard InChI is InChI=1S/C21H33N3O3/c1-17(18-5-4-6-19(15-18)27-3)23-11-13-24(14-12-23)20(25)21(16-26-2)7-9-22-10-8-21/h4-6,15,17,22H,7-14,16H2,1-3H3. The fourth-order valence-corrected chi connectivity index (χ4v) is 4.36. The summed E-state index contributed by atoms with van der Waals surface area (Å²) < 4.78 is 10.8. The lowest BCUT2D eigenvalue weighted by Crippen LogP contribution is -2.56. The number of piperazine rings is 1. The molecule has 0 saturated carbocycles. The molecule has 1 unspecified atom stereocenters. The summed E-state index contributed by atoms with van der Waals surface area (Å²) in [5.41, 5.74) is 0.906. The van der Waals surface area contributed by atoms with Gasteiger partial charge >= 0.3 is 0 Å². The highest BCUT2D eigenvalue weighted by atomic mass is 16.5. The van der Waals surface area contributed by atoms with Crippen LogP contribution in [-0.4, -0.2) is 75.8 Å². The van der Waals surface area contributed by atoms with E-state index in [-0.39, 0.29) is 11.3 Å². The Hall–Kier alpha value is -1.63. The summed E-state index contributed by atoms with van der Waals surface area (Å²) >= 11 is 0. The smallest absolute Gasteiger partial charge is 0.231 e. The van der Waals surface area contributed by atoms with E-state index < -0.39 is 0 Å². The molecule has 1 amide bonds. The van der Waals surface area contributed by atoms with Gasteiger partial charge in [-0.1, -0.05) is 12.1 Å². The molecule has 1 N–H and O–H groups in total. The van der Waals surface area contributed by atoms with Crippen LogP contribution in [0.15, 0.2) is 24.3 Å². The van der Waals surface area contributed by atoms with Gasteiger partial charge in [0.1, 0.15) is 5.75 Å². The zero-order valence-corrected chi connectivity index (χ0v) is 16.9. The minimum Gasteiger partial charge on any atom is -0.497 e. The van der Waals surface area contributed by atoms with Crippen LogP contribution in [0.3, 0.4) is 0 Å². The van der Waals surface area contributed by atoms with E-state index in [1.807, 2.05) is 12.1 Å². The lowest BCUT2D eigenvalue weighted by atomic mass is 9.78. The summed E-state index contributed by atoms with van der Waals surface area (Å²) in [5.74, 6) is 1.17. The molecular formula is C21H33N3O3. The van der Waals surface area contributed by atoms with Gasteiger partial charge in [-0.25, -0.2) is 0 Å². The van der Waals surface area contributed by atoms with Gasteiger partial charge in [-0.2, -0.15) is 0 Å². The highest BCUT2D eigenvalue weighted by Crippen LogP contribution is 2.33. The number of hydrogen-bond donors (Lipinski definition) is 1. The van der Waals surface area contributed by atoms with Crippen LogP contribution in [0, 0.1) is 5.41 Å². The van der Waals surface area contributed by atoms with E-state index in [2.05, 4.69) is 34.2 Å². The average molecular weight is 376 g/mol. The fraction of sp³-hybridized carbons (Fsp3) is 0.667. The van der Waals surface area contributed by atoms with Crippen LogP contribution in [0.4, 0.5) is 0 Å². The average Bonchev–Trinajstić information content (AvgIpc) is 2.73. The van der Waals surface area contributed by atoms with Gasteiger partial charge < -0.3 is 19.7 Å². The van der Waals surface area contributed by atoms with Crippen LogP contribution in [0.5, 0.6) is 5.75 Å². The summed E-state index contributed by atoms with van der Waals surface area (Å²) in [6, 6.07) is 8.57. The number of piperidine rings is 1. The number of amides is 1. The molecule has 1 atom stereocenters. The third kappa shape index (κ3) is 4.45. The zero-order valence-electron chi connectivity index (χ0n) is 16.9. The quantitative estimate of drug-likeness (QED) is 0.823. The van der Waals surface area contributed by atoms with Gasteiger partial charge in [-0.15, -0.1) is 0 Å². The van der Waals surface area contributed by atoms with Gasteiger partial charge in [-0.05, 0) is 50.6 Å². The van der Waals surface area contributed by atoms with E-state index >= 15 is 0 Å². The monoisotopic (exact) mass is 375 g/mol. The Morgan fingerprint density at radius 2 is 1.89 bits per heavy atom. The Bertz CT molecular complexity index is 617. The van der Waals surface area contributed by atoms with Crippen molar-refractivity contribution in [3.8, 4) is 5.75 Å². The summed E-state index contributed by atoms with van der Waals surface area (Å²) in [4.78, 5) is 17.8. The summed E-state index contributed by atoms with van der Waals surface area (Å²) in [5, 5.41) is 3.36. The van der Waals surface area contributed by atoms with Crippen molar-refractivity contribution >= 4 is 5.91 Å². The van der Waals surface area contributed by atoms with Crippen molar-refractivity contribution in [2.75, 3.05) is 60.1 Å². The number of methoxy groups -OCH3 is 2. The lowest BCUT2D eigenvalue weighted by Gasteiger charge is -2.44. The molecule has 2 fully saturated rings. The Morgan fingerprint density at radius 3 is 2.52 bits per heavy atom. The van der Waals surface area contributed by atoms with Crippen LogP contribution in [0.25, 0.3) is 0 Å². The van der Waals surface area contributed by atoms with Crippen LogP contribution in [0.2, 0.25) is 0 Å². The van der Waals surface area contributed by atoms with Crippen LogP contribution in [0.1, 0.15) is 31.4 Å². The van der Waals surface area contributed by atoms with Gasteiger partial charge in [-0.3, -0.25) is 9.69 Å². The van der Waals surface area contributed by atoms with E-state index in [1.165, 1.54) is 5.56 Å². The normalized spacial score (nSPS) is 21.7. The fourth-order valence-electron chi connectivity index (χ4n) is 4.36. The van der Waals surface area contributed by atoms with E-state index in [1.54, 1.807) is 14.2 Å². The van der Waals surface area contributed by atoms with Crippen molar-refractivity contribution in [1.29, 1.82) is 0 Å². The van der Waals surface area contributed by atoms with Crippen molar-refractivity contribution < 1.29 is 14.3 Å². The number of rotatable bonds is 6. The van der Waals surface area contributed by atoms with Crippen molar-refractivity contribution in [3.63, 3.8) is 0 Å². The van der Waals surface area contributed by atoms with E-state index in [4.69, 9.17) is 9.47 Å². The molecule has 0 aromatic heterocycles. The highest BCUT2D eigenvalue weighted by molar-refractivity contribution is 5.83. The SMILES string of the molecule is COCC1(C(=O)N2CCN(C(C)c3cccc(OC)c3)CC2)CCNCC1. The van der Waals surface area contributed by atoms with Gasteiger partial charge in [0, 0.05) is 39.3 Å². The molecule has 2 saturated heterocycles. The molecule has 0 radical (unpaired) electrons. The number of nitrogens with zero attached hydrogens (tertiary/aromatic N) is 2. The third-order valence-corrected chi connectivity index (χ3v) is 6.16. The molecule has 0 spiro atoms. The second kappa shape index (κ2) is 9.04. The Kier molecular flexibility index (Phi) is 6.73. The van der Waals surface area contributed by atoms with Crippen molar-refractivity contribution in [3.05, 3.63) is 29.8 Å². The zero-order chi connectivity index (χ0) is 19.3. The van der Waals surface area contributed by atoms with Gasteiger partial charge in [0.15, 0.2) is 0 Å². The maximum absolute atomic E-state index is 13.3. The van der Waals surface area contributed by atoms with Crippen molar-refractivity contribution in [2.45, 2.75) is 25.8 Å². The number of ether oxygens (including phenoxy) is 2. The topological polar surface area (TPSA) is 54.0 Å². The maximum Gasteiger partial charge on any atom is 0.231 e. The number of carbonyl (C=O) groups is 1. The first-order chi connectivity index (χ1) is 13.1. The first kappa shape index (κ1) is 20.1. The first-order valence-corrected chi connectivity index (χ1v) is 9.97. The molecule has 1 aromatic rings. The molecule has 3 rings (SSSR count). The van der Waals surface area contributed by atoms with Crippen LogP contribution >= 0.6 is 0 Å². The van der Waals surface area contributed by atoms with Crippen LogP contribution in [-0.2, 0) is 9.53 Å². The van der Waals surface area contributed by atoms with E-state index in [0.717, 1.165) is 57.9 Å². The van der Waals surface area contributed by atoms with Gasteiger partial charge in [0.05, 0.1) is 19.1 Å². The summed E-state index contributed by atoms with van der Waals surface area (Å²) in [7, 11) is 3.40. The number of nitrogens with one attached hydrogen (secondary N) is 1. The largest absolute Gasteiger partial charge is 0.497 e. The molecule has 2 aliphatic rings. The highest BCUT2D eigenvalue weighted by Gasteiger charge is 2.43. The molecule has 6 heteroatoms. The molecule has 0 bridgehead atoms. The maximum atomic E-state index is 13.3. The molecule has 27 heavy (non-hydrogen) atoms. The van der Waals surface area contributed by atoms with E-state index in [0.29, 0.717) is 12.6 Å². The number of hydrogen-bond acceptors (Lipinski definition) is 5. The molecule has 1 aromatic carbocycles. The van der Waals surface area contributed by atoms with Crippen molar-refractivity contribution in [2.24, 2.45) is 5.41 Å². The number of carbonyl (C=O) groups excluding carboxylic acids is 1. The Labute approximate surface area is 162 Å². The lowest BCUT2D eigenvalue weighted by molar-refractivity contribution is -0.149. The van der Waals surface area contributed by atoms with Gasteiger partial charge in [0.25, 0.3) is 0 Å². The van der Waals surface area contributed by atoms with Crippen molar-refractivity contribution in [1.82, 2.24) is 15.1 Å². The first-order valence-electron chi connectivity index (χ1n) is 9.97. The predicted octanol–water partition coefficient (Wildman–Crippen LogP) is 1.92. The Morgan fingerprint density at radius 1 is 1.19 bits per heavy atom. The molecule has 0 aliphatic carbocycles. The summed E-state index contributed by atoms with van der Waals surface area (Å²) in [6.07, 6.45) is 1.72. The Balaban J connectivity index is 1.61. The third-order valence-electron chi connectivity index (χ3n) is 6.16. The molecule has 6 nitrogen and oxygen atoms in total. The second-order valence-electron chi connectivity index (χ2n) is 7.74.